The highest BCUT2D eigenvalue weighted by molar-refractivity contribution is 5.83. The summed E-state index contributed by atoms with van der Waals surface area (Å²) in [5.41, 5.74) is 4.94. The lowest BCUT2D eigenvalue weighted by Gasteiger charge is -2.06. The first-order valence-corrected chi connectivity index (χ1v) is 7.28. The van der Waals surface area contributed by atoms with Crippen LogP contribution in [0.1, 0.15) is 23.9 Å². The quantitative estimate of drug-likeness (QED) is 0.628. The monoisotopic (exact) mass is 316 g/mol. The van der Waals surface area contributed by atoms with Crippen LogP contribution in [-0.2, 0) is 11.3 Å². The topological polar surface area (TPSA) is 88.7 Å². The summed E-state index contributed by atoms with van der Waals surface area (Å²) in [5, 5.41) is 17.7. The number of aromatic hydroxyl groups is 1. The Hall–Kier alpha value is -2.83. The van der Waals surface area contributed by atoms with Crippen LogP contribution in [-0.4, -0.2) is 33.6 Å². The number of rotatable bonds is 6. The fourth-order valence-corrected chi connectivity index (χ4v) is 2.07. The van der Waals surface area contributed by atoms with Crippen molar-refractivity contribution in [1.82, 2.24) is 15.2 Å². The number of carbonyl (C=O) groups is 1. The molecule has 0 aliphatic rings. The Bertz CT molecular complexity index is 722. The molecular formula is C16H20N4O3. The number of hydrogen-bond donors (Lipinski definition) is 2. The van der Waals surface area contributed by atoms with E-state index in [1.54, 1.807) is 16.8 Å². The normalized spacial score (nSPS) is 10.9. The molecule has 0 radical (unpaired) electrons. The van der Waals surface area contributed by atoms with E-state index in [1.807, 2.05) is 26.8 Å². The van der Waals surface area contributed by atoms with Crippen molar-refractivity contribution in [2.75, 3.05) is 6.61 Å². The van der Waals surface area contributed by atoms with E-state index >= 15 is 0 Å². The Kier molecular flexibility index (Phi) is 5.35. The minimum absolute atomic E-state index is 0.0672. The summed E-state index contributed by atoms with van der Waals surface area (Å²) in [5.74, 6) is 0.180. The van der Waals surface area contributed by atoms with Gasteiger partial charge >= 0.3 is 0 Å². The maximum Gasteiger partial charge on any atom is 0.261 e. The number of nitrogens with zero attached hydrogens (tertiary/aromatic N) is 3. The van der Waals surface area contributed by atoms with Crippen LogP contribution in [0.4, 0.5) is 0 Å². The first-order chi connectivity index (χ1) is 11.0. The van der Waals surface area contributed by atoms with Gasteiger partial charge < -0.3 is 9.84 Å². The first kappa shape index (κ1) is 16.5. The molecule has 0 aliphatic heterocycles. The van der Waals surface area contributed by atoms with E-state index in [4.69, 9.17) is 4.74 Å². The summed E-state index contributed by atoms with van der Waals surface area (Å²) in [6.45, 7) is 6.16. The number of nitrogens with one attached hydrogen (secondary N) is 1. The van der Waals surface area contributed by atoms with Crippen LogP contribution >= 0.6 is 0 Å². The van der Waals surface area contributed by atoms with Crippen LogP contribution in [0, 0.1) is 13.8 Å². The zero-order chi connectivity index (χ0) is 16.8. The second-order valence-corrected chi connectivity index (χ2v) is 5.04. The molecule has 122 valence electrons. The maximum absolute atomic E-state index is 11.8. The highest BCUT2D eigenvalue weighted by Gasteiger charge is 2.06. The van der Waals surface area contributed by atoms with Gasteiger partial charge in [-0.3, -0.25) is 9.48 Å². The number of hydrogen-bond acceptors (Lipinski definition) is 5. The predicted molar refractivity (Wildman–Crippen MR) is 86.7 cm³/mol. The van der Waals surface area contributed by atoms with Crippen molar-refractivity contribution in [2.24, 2.45) is 5.10 Å². The minimum Gasteiger partial charge on any atom is -0.504 e. The molecule has 7 nitrogen and oxygen atoms in total. The molecular weight excluding hydrogens is 296 g/mol. The van der Waals surface area contributed by atoms with Crippen LogP contribution < -0.4 is 10.2 Å². The van der Waals surface area contributed by atoms with Crippen LogP contribution in [0.2, 0.25) is 0 Å². The summed E-state index contributed by atoms with van der Waals surface area (Å²) in [4.78, 5) is 11.8. The van der Waals surface area contributed by atoms with Gasteiger partial charge in [0.1, 0.15) is 6.54 Å². The fourth-order valence-electron chi connectivity index (χ4n) is 2.07. The number of phenols is 1. The van der Waals surface area contributed by atoms with Gasteiger partial charge in [-0.05, 0) is 50.6 Å². The Morgan fingerprint density at radius 2 is 2.22 bits per heavy atom. The molecule has 0 fully saturated rings. The smallest absolute Gasteiger partial charge is 0.261 e. The van der Waals surface area contributed by atoms with Crippen molar-refractivity contribution >= 4 is 12.1 Å². The van der Waals surface area contributed by atoms with E-state index in [9.17, 15) is 9.90 Å². The predicted octanol–water partition coefficient (Wildman–Crippen LogP) is 1.75. The third-order valence-electron chi connectivity index (χ3n) is 3.08. The number of ether oxygens (including phenoxy) is 1. The van der Waals surface area contributed by atoms with E-state index < -0.39 is 0 Å². The molecule has 2 aromatic rings. The minimum atomic E-state index is -0.267. The molecule has 0 spiro atoms. The number of aromatic nitrogens is 2. The lowest BCUT2D eigenvalue weighted by Crippen LogP contribution is -2.24. The third kappa shape index (κ3) is 4.57. The Balaban J connectivity index is 1.94. The number of carbonyl (C=O) groups excluding carboxylic acids is 1. The van der Waals surface area contributed by atoms with E-state index in [2.05, 4.69) is 15.6 Å². The highest BCUT2D eigenvalue weighted by atomic mass is 16.5. The first-order valence-electron chi connectivity index (χ1n) is 7.28. The Morgan fingerprint density at radius 3 is 2.87 bits per heavy atom. The van der Waals surface area contributed by atoms with Crippen molar-refractivity contribution < 1.29 is 14.6 Å². The molecule has 2 N–H and O–H groups in total. The average molecular weight is 316 g/mol. The number of hydrazone groups is 1. The van der Waals surface area contributed by atoms with Crippen molar-refractivity contribution in [3.63, 3.8) is 0 Å². The molecule has 0 unspecified atom stereocenters. The molecule has 0 bridgehead atoms. The molecule has 0 aliphatic carbocycles. The third-order valence-corrected chi connectivity index (χ3v) is 3.08. The van der Waals surface area contributed by atoms with Gasteiger partial charge in [0.05, 0.1) is 18.5 Å². The molecule has 1 heterocycles. The summed E-state index contributed by atoms with van der Waals surface area (Å²) in [6.07, 6.45) is 1.49. The van der Waals surface area contributed by atoms with Gasteiger partial charge in [-0.2, -0.15) is 10.2 Å². The number of phenolic OH excluding ortho intramolecular Hbond substituents is 1. The fraction of sp³-hybridized carbons (Fsp3) is 0.312. The standard InChI is InChI=1S/C16H20N4O3/c1-4-23-15-8-13(5-6-14(15)21)9-17-18-16(22)10-20-12(3)7-11(2)19-20/h5-9,21H,4,10H2,1-3H3,(H,18,22)/b17-9+. The average Bonchev–Trinajstić information content (AvgIpc) is 2.80. The molecule has 1 amide bonds. The van der Waals surface area contributed by atoms with Crippen LogP contribution in [0.25, 0.3) is 0 Å². The molecule has 23 heavy (non-hydrogen) atoms. The summed E-state index contributed by atoms with van der Waals surface area (Å²) in [6, 6.07) is 6.75. The van der Waals surface area contributed by atoms with Crippen LogP contribution in [0.3, 0.4) is 0 Å². The van der Waals surface area contributed by atoms with Gasteiger partial charge in [-0.25, -0.2) is 5.43 Å². The lowest BCUT2D eigenvalue weighted by molar-refractivity contribution is -0.121. The Labute approximate surface area is 134 Å². The van der Waals surface area contributed by atoms with Gasteiger partial charge in [0.25, 0.3) is 5.91 Å². The Morgan fingerprint density at radius 1 is 1.43 bits per heavy atom. The largest absolute Gasteiger partial charge is 0.504 e. The van der Waals surface area contributed by atoms with E-state index in [0.29, 0.717) is 17.9 Å². The molecule has 0 atom stereocenters. The molecule has 7 heteroatoms. The zero-order valence-corrected chi connectivity index (χ0v) is 13.4. The second kappa shape index (κ2) is 7.44. The van der Waals surface area contributed by atoms with Gasteiger partial charge in [0, 0.05) is 5.69 Å². The maximum atomic E-state index is 11.8. The van der Waals surface area contributed by atoms with Crippen LogP contribution in [0.15, 0.2) is 29.4 Å². The number of benzene rings is 1. The molecule has 2 rings (SSSR count). The summed E-state index contributed by atoms with van der Waals surface area (Å²) in [7, 11) is 0. The SMILES string of the molecule is CCOc1cc(/C=N/NC(=O)Cn2nc(C)cc2C)ccc1O. The second-order valence-electron chi connectivity index (χ2n) is 5.04. The summed E-state index contributed by atoms with van der Waals surface area (Å²) >= 11 is 0. The summed E-state index contributed by atoms with van der Waals surface area (Å²) < 4.78 is 6.91. The molecule has 0 saturated heterocycles. The van der Waals surface area contributed by atoms with Gasteiger partial charge in [0.15, 0.2) is 11.5 Å². The highest BCUT2D eigenvalue weighted by Crippen LogP contribution is 2.26. The lowest BCUT2D eigenvalue weighted by atomic mass is 10.2. The van der Waals surface area contributed by atoms with Crippen molar-refractivity contribution in [3.05, 3.63) is 41.2 Å². The van der Waals surface area contributed by atoms with Crippen LogP contribution in [0.5, 0.6) is 11.5 Å². The van der Waals surface area contributed by atoms with Crippen molar-refractivity contribution in [1.29, 1.82) is 0 Å². The molecule has 0 saturated carbocycles. The zero-order valence-electron chi connectivity index (χ0n) is 13.4. The molecule has 1 aromatic carbocycles. The van der Waals surface area contributed by atoms with E-state index in [1.165, 1.54) is 12.3 Å². The van der Waals surface area contributed by atoms with E-state index in [-0.39, 0.29) is 18.2 Å². The van der Waals surface area contributed by atoms with Crippen molar-refractivity contribution in [2.45, 2.75) is 27.3 Å². The van der Waals surface area contributed by atoms with Gasteiger partial charge in [-0.1, -0.05) is 0 Å². The van der Waals surface area contributed by atoms with Gasteiger partial charge in [-0.15, -0.1) is 0 Å². The number of amides is 1. The molecule has 1 aromatic heterocycles. The van der Waals surface area contributed by atoms with E-state index in [0.717, 1.165) is 11.4 Å². The van der Waals surface area contributed by atoms with Gasteiger partial charge in [0.2, 0.25) is 0 Å². The van der Waals surface area contributed by atoms with Crippen molar-refractivity contribution in [3.8, 4) is 11.5 Å². The number of aryl methyl sites for hydroxylation is 2.